The zero-order valence-electron chi connectivity index (χ0n) is 10.7. The van der Waals surface area contributed by atoms with Crippen LogP contribution in [0.5, 0.6) is 0 Å². The molecule has 100 valence electrons. The van der Waals surface area contributed by atoms with Crippen molar-refractivity contribution in [2.45, 2.75) is 56.7 Å². The van der Waals surface area contributed by atoms with Crippen LogP contribution in [0, 0.1) is 0 Å². The third-order valence-electron chi connectivity index (χ3n) is 4.08. The number of hydrogen-bond donors (Lipinski definition) is 1. The molecule has 1 saturated heterocycles. The molecule has 0 bridgehead atoms. The first-order chi connectivity index (χ1) is 8.16. The second-order valence-corrected chi connectivity index (χ2v) is 7.30. The monoisotopic (exact) mass is 260 g/mol. The van der Waals surface area contributed by atoms with Gasteiger partial charge in [-0.1, -0.05) is 19.8 Å². The zero-order chi connectivity index (χ0) is 12.3. The van der Waals surface area contributed by atoms with Crippen molar-refractivity contribution in [3.05, 3.63) is 0 Å². The van der Waals surface area contributed by atoms with E-state index in [0.29, 0.717) is 6.54 Å². The number of nitrogens with one attached hydrogen (secondary N) is 1. The van der Waals surface area contributed by atoms with Crippen molar-refractivity contribution in [1.82, 2.24) is 9.62 Å². The standard InChI is InChI=1S/C12H24N2O2S/c1-2-14(11-7-9-13-10-8-11)17(15,16)12-5-3-4-6-12/h11-13H,2-10H2,1H3. The van der Waals surface area contributed by atoms with Crippen LogP contribution in [0.4, 0.5) is 0 Å². The first-order valence-electron chi connectivity index (χ1n) is 6.87. The molecule has 4 nitrogen and oxygen atoms in total. The molecule has 0 spiro atoms. The number of rotatable bonds is 4. The summed E-state index contributed by atoms with van der Waals surface area (Å²) in [6, 6.07) is 0.229. The first-order valence-corrected chi connectivity index (χ1v) is 8.38. The van der Waals surface area contributed by atoms with Gasteiger partial charge in [-0.2, -0.15) is 4.31 Å². The van der Waals surface area contributed by atoms with Gasteiger partial charge in [-0.15, -0.1) is 0 Å². The highest BCUT2D eigenvalue weighted by molar-refractivity contribution is 7.89. The van der Waals surface area contributed by atoms with Crippen molar-refractivity contribution in [2.24, 2.45) is 0 Å². The van der Waals surface area contributed by atoms with E-state index in [4.69, 9.17) is 0 Å². The molecule has 17 heavy (non-hydrogen) atoms. The Kier molecular flexibility index (Phi) is 4.44. The molecule has 1 aliphatic carbocycles. The SMILES string of the molecule is CCN(C1CCNCC1)S(=O)(=O)C1CCCC1. The molecule has 2 rings (SSSR count). The van der Waals surface area contributed by atoms with Gasteiger partial charge in [-0.3, -0.25) is 0 Å². The highest BCUT2D eigenvalue weighted by Crippen LogP contribution is 2.29. The van der Waals surface area contributed by atoms with Crippen LogP contribution in [-0.4, -0.2) is 43.6 Å². The second kappa shape index (κ2) is 5.67. The van der Waals surface area contributed by atoms with E-state index in [2.05, 4.69) is 5.32 Å². The lowest BCUT2D eigenvalue weighted by molar-refractivity contribution is 0.268. The Hall–Kier alpha value is -0.130. The maximum absolute atomic E-state index is 12.6. The quantitative estimate of drug-likeness (QED) is 0.829. The highest BCUT2D eigenvalue weighted by atomic mass is 32.2. The maximum Gasteiger partial charge on any atom is 0.217 e. The van der Waals surface area contributed by atoms with Crippen LogP contribution in [0.3, 0.4) is 0 Å². The molecule has 0 radical (unpaired) electrons. The van der Waals surface area contributed by atoms with Gasteiger partial charge in [0.05, 0.1) is 5.25 Å². The van der Waals surface area contributed by atoms with Gasteiger partial charge in [0.1, 0.15) is 0 Å². The number of hydrogen-bond acceptors (Lipinski definition) is 3. The molecule has 1 heterocycles. The van der Waals surface area contributed by atoms with E-state index in [0.717, 1.165) is 51.6 Å². The number of sulfonamides is 1. The van der Waals surface area contributed by atoms with Crippen molar-refractivity contribution in [3.63, 3.8) is 0 Å². The minimum absolute atomic E-state index is 0.0997. The van der Waals surface area contributed by atoms with E-state index >= 15 is 0 Å². The summed E-state index contributed by atoms with van der Waals surface area (Å²) in [5.41, 5.74) is 0. The van der Waals surface area contributed by atoms with Crippen LogP contribution in [0.25, 0.3) is 0 Å². The summed E-state index contributed by atoms with van der Waals surface area (Å²) in [5.74, 6) is 0. The number of piperidine rings is 1. The largest absolute Gasteiger partial charge is 0.317 e. The van der Waals surface area contributed by atoms with Crippen LogP contribution in [0.2, 0.25) is 0 Å². The molecule has 0 aromatic carbocycles. The van der Waals surface area contributed by atoms with Crippen LogP contribution < -0.4 is 5.32 Å². The summed E-state index contributed by atoms with van der Waals surface area (Å²) < 4.78 is 26.9. The molecule has 0 unspecified atom stereocenters. The summed E-state index contributed by atoms with van der Waals surface area (Å²) in [7, 11) is -3.04. The fourth-order valence-electron chi connectivity index (χ4n) is 3.12. The van der Waals surface area contributed by atoms with Crippen molar-refractivity contribution < 1.29 is 8.42 Å². The lowest BCUT2D eigenvalue weighted by Crippen LogP contribution is -2.48. The average Bonchev–Trinajstić information content (AvgIpc) is 2.85. The molecule has 2 fully saturated rings. The van der Waals surface area contributed by atoms with Gasteiger partial charge in [0, 0.05) is 12.6 Å². The molecule has 1 N–H and O–H groups in total. The average molecular weight is 260 g/mol. The van der Waals surface area contributed by atoms with E-state index in [-0.39, 0.29) is 11.3 Å². The Morgan fingerprint density at radius 1 is 1.12 bits per heavy atom. The minimum Gasteiger partial charge on any atom is -0.317 e. The van der Waals surface area contributed by atoms with Gasteiger partial charge >= 0.3 is 0 Å². The molecular formula is C12H24N2O2S. The molecule has 0 aromatic rings. The summed E-state index contributed by atoms with van der Waals surface area (Å²) in [6.45, 7) is 4.49. The predicted molar refractivity (Wildman–Crippen MR) is 69.4 cm³/mol. The Morgan fingerprint density at radius 3 is 2.24 bits per heavy atom. The third kappa shape index (κ3) is 2.83. The van der Waals surface area contributed by atoms with Gasteiger partial charge in [0.25, 0.3) is 0 Å². The lowest BCUT2D eigenvalue weighted by Gasteiger charge is -2.34. The van der Waals surface area contributed by atoms with Gasteiger partial charge in [0.2, 0.25) is 10.0 Å². The van der Waals surface area contributed by atoms with E-state index in [1.54, 1.807) is 4.31 Å². The van der Waals surface area contributed by atoms with E-state index in [1.165, 1.54) is 0 Å². The number of nitrogens with zero attached hydrogens (tertiary/aromatic N) is 1. The van der Waals surface area contributed by atoms with E-state index < -0.39 is 10.0 Å². The van der Waals surface area contributed by atoms with Crippen molar-refractivity contribution in [1.29, 1.82) is 0 Å². The van der Waals surface area contributed by atoms with Crippen LogP contribution in [0.1, 0.15) is 45.4 Å². The molecule has 5 heteroatoms. The summed E-state index contributed by atoms with van der Waals surface area (Å²) in [6.07, 6.45) is 5.80. The predicted octanol–water partition coefficient (Wildman–Crippen LogP) is 1.33. The van der Waals surface area contributed by atoms with Gasteiger partial charge in [-0.25, -0.2) is 8.42 Å². The Bertz CT molecular complexity index is 330. The third-order valence-corrected chi connectivity index (χ3v) is 6.60. The van der Waals surface area contributed by atoms with Crippen LogP contribution in [0.15, 0.2) is 0 Å². The Labute approximate surface area is 105 Å². The fourth-order valence-corrected chi connectivity index (χ4v) is 5.42. The summed E-state index contributed by atoms with van der Waals surface area (Å²) in [5, 5.41) is 3.19. The molecule has 0 aromatic heterocycles. The molecule has 1 saturated carbocycles. The summed E-state index contributed by atoms with van der Waals surface area (Å²) in [4.78, 5) is 0. The first kappa shape index (κ1) is 13.3. The minimum atomic E-state index is -3.04. The van der Waals surface area contributed by atoms with Crippen LogP contribution >= 0.6 is 0 Å². The zero-order valence-corrected chi connectivity index (χ0v) is 11.5. The van der Waals surface area contributed by atoms with Gasteiger partial charge < -0.3 is 5.32 Å². The highest BCUT2D eigenvalue weighted by Gasteiger charge is 2.37. The topological polar surface area (TPSA) is 49.4 Å². The lowest BCUT2D eigenvalue weighted by atomic mass is 10.1. The van der Waals surface area contributed by atoms with Crippen molar-refractivity contribution >= 4 is 10.0 Å². The van der Waals surface area contributed by atoms with Gasteiger partial charge in [-0.05, 0) is 38.8 Å². The maximum atomic E-state index is 12.6. The fraction of sp³-hybridized carbons (Fsp3) is 1.00. The van der Waals surface area contributed by atoms with Crippen molar-refractivity contribution in [3.8, 4) is 0 Å². The van der Waals surface area contributed by atoms with Crippen LogP contribution in [-0.2, 0) is 10.0 Å². The second-order valence-electron chi connectivity index (χ2n) is 5.14. The molecule has 0 amide bonds. The Morgan fingerprint density at radius 2 is 1.71 bits per heavy atom. The molecule has 0 atom stereocenters. The van der Waals surface area contributed by atoms with Gasteiger partial charge in [0.15, 0.2) is 0 Å². The molecular weight excluding hydrogens is 236 g/mol. The normalized spacial score (nSPS) is 24.6. The van der Waals surface area contributed by atoms with E-state index in [9.17, 15) is 8.42 Å². The Balaban J connectivity index is 2.10. The summed E-state index contributed by atoms with van der Waals surface area (Å²) >= 11 is 0. The molecule has 2 aliphatic rings. The van der Waals surface area contributed by atoms with E-state index in [1.807, 2.05) is 6.92 Å². The van der Waals surface area contributed by atoms with Crippen molar-refractivity contribution in [2.75, 3.05) is 19.6 Å². The molecule has 1 aliphatic heterocycles. The smallest absolute Gasteiger partial charge is 0.217 e.